The van der Waals surface area contributed by atoms with E-state index < -0.39 is 5.91 Å². The van der Waals surface area contributed by atoms with Gasteiger partial charge in [0.05, 0.1) is 13.2 Å². The number of carbonyl (C=O) groups is 1. The topological polar surface area (TPSA) is 107 Å². The molecule has 0 aliphatic carbocycles. The monoisotopic (exact) mass is 267 g/mol. The number of nitrogen functional groups attached to an aromatic ring is 1. The Morgan fingerprint density at radius 3 is 2.68 bits per heavy atom. The van der Waals surface area contributed by atoms with Crippen LogP contribution in [0.4, 0.5) is 11.5 Å². The lowest BCUT2D eigenvalue weighted by Crippen LogP contribution is -2.37. The molecule has 0 bridgehead atoms. The molecule has 0 spiro atoms. The molecule has 0 saturated carbocycles. The molecule has 0 fully saturated rings. The first kappa shape index (κ1) is 15.0. The van der Waals surface area contributed by atoms with E-state index in [0.29, 0.717) is 36.5 Å². The number of carbonyl (C=O) groups excluding carboxylic acids is 1. The summed E-state index contributed by atoms with van der Waals surface area (Å²) in [6.45, 7) is 7.06. The Morgan fingerprint density at radius 2 is 2.16 bits per heavy atom. The standard InChI is InChI=1S/C12H21N5O2/c1-4-19-12-10(14)11(15-7-16-12)17(5-8(2)3)6-9(13)18/h7-8H,4-6,14H2,1-3H3,(H2,13,18). The maximum atomic E-state index is 11.2. The number of ether oxygens (including phenoxy) is 1. The number of hydrogen-bond acceptors (Lipinski definition) is 6. The van der Waals surface area contributed by atoms with Gasteiger partial charge >= 0.3 is 0 Å². The van der Waals surface area contributed by atoms with Crippen molar-refractivity contribution in [2.45, 2.75) is 20.8 Å². The van der Waals surface area contributed by atoms with Crippen LogP contribution in [0, 0.1) is 5.92 Å². The fraction of sp³-hybridized carbons (Fsp3) is 0.583. The molecule has 0 aliphatic rings. The fourth-order valence-corrected chi connectivity index (χ4v) is 1.73. The third-order valence-electron chi connectivity index (χ3n) is 2.34. The van der Waals surface area contributed by atoms with Crippen LogP contribution in [0.1, 0.15) is 20.8 Å². The van der Waals surface area contributed by atoms with Crippen molar-refractivity contribution in [3.8, 4) is 5.88 Å². The first-order valence-corrected chi connectivity index (χ1v) is 6.22. The lowest BCUT2D eigenvalue weighted by atomic mass is 10.2. The zero-order valence-electron chi connectivity index (χ0n) is 11.6. The smallest absolute Gasteiger partial charge is 0.242 e. The van der Waals surface area contributed by atoms with Gasteiger partial charge in [0, 0.05) is 6.54 Å². The third kappa shape index (κ3) is 4.27. The van der Waals surface area contributed by atoms with Gasteiger partial charge in [-0.15, -0.1) is 0 Å². The van der Waals surface area contributed by atoms with Gasteiger partial charge in [0.2, 0.25) is 11.8 Å². The Hall–Kier alpha value is -2.05. The fourth-order valence-electron chi connectivity index (χ4n) is 1.73. The molecular weight excluding hydrogens is 246 g/mol. The van der Waals surface area contributed by atoms with E-state index in [2.05, 4.69) is 9.97 Å². The summed E-state index contributed by atoms with van der Waals surface area (Å²) in [7, 11) is 0. The summed E-state index contributed by atoms with van der Waals surface area (Å²) in [5.74, 6) is 0.706. The van der Waals surface area contributed by atoms with Gasteiger partial charge in [-0.3, -0.25) is 4.79 Å². The number of aromatic nitrogens is 2. The molecule has 1 aromatic rings. The molecule has 0 atom stereocenters. The zero-order chi connectivity index (χ0) is 14.4. The molecule has 19 heavy (non-hydrogen) atoms. The highest BCUT2D eigenvalue weighted by atomic mass is 16.5. The van der Waals surface area contributed by atoms with Crippen molar-refractivity contribution < 1.29 is 9.53 Å². The van der Waals surface area contributed by atoms with Crippen molar-refractivity contribution in [3.63, 3.8) is 0 Å². The molecular formula is C12H21N5O2. The van der Waals surface area contributed by atoms with Crippen molar-refractivity contribution in [3.05, 3.63) is 6.33 Å². The Balaban J connectivity index is 3.06. The molecule has 7 nitrogen and oxygen atoms in total. The minimum atomic E-state index is -0.434. The predicted octanol–water partition coefficient (Wildman–Crippen LogP) is 0.405. The first-order chi connectivity index (χ1) is 8.95. The van der Waals surface area contributed by atoms with Crippen LogP contribution in [0.3, 0.4) is 0 Å². The molecule has 7 heteroatoms. The maximum absolute atomic E-state index is 11.2. The molecule has 0 aliphatic heterocycles. The number of amides is 1. The van der Waals surface area contributed by atoms with Gasteiger partial charge in [0.15, 0.2) is 5.82 Å². The average molecular weight is 267 g/mol. The highest BCUT2D eigenvalue weighted by Crippen LogP contribution is 2.28. The lowest BCUT2D eigenvalue weighted by Gasteiger charge is -2.25. The van der Waals surface area contributed by atoms with Crippen molar-refractivity contribution in [2.75, 3.05) is 30.3 Å². The number of anilines is 2. The summed E-state index contributed by atoms with van der Waals surface area (Å²) < 4.78 is 5.32. The number of rotatable bonds is 7. The molecule has 1 rings (SSSR count). The van der Waals surface area contributed by atoms with Gasteiger partial charge < -0.3 is 21.1 Å². The van der Waals surface area contributed by atoms with Crippen LogP contribution in [0.15, 0.2) is 6.33 Å². The summed E-state index contributed by atoms with van der Waals surface area (Å²) in [5.41, 5.74) is 11.6. The molecule has 0 radical (unpaired) electrons. The molecule has 106 valence electrons. The van der Waals surface area contributed by atoms with Crippen LogP contribution in [-0.2, 0) is 4.79 Å². The van der Waals surface area contributed by atoms with Gasteiger partial charge in [-0.05, 0) is 12.8 Å². The number of nitrogens with two attached hydrogens (primary N) is 2. The molecule has 0 unspecified atom stereocenters. The van der Waals surface area contributed by atoms with Crippen molar-refractivity contribution in [1.29, 1.82) is 0 Å². The minimum Gasteiger partial charge on any atom is -0.476 e. The highest BCUT2D eigenvalue weighted by Gasteiger charge is 2.18. The van der Waals surface area contributed by atoms with E-state index in [9.17, 15) is 4.79 Å². The van der Waals surface area contributed by atoms with Crippen LogP contribution in [-0.4, -0.2) is 35.6 Å². The van der Waals surface area contributed by atoms with Crippen LogP contribution in [0.25, 0.3) is 0 Å². The summed E-state index contributed by atoms with van der Waals surface area (Å²) in [6, 6.07) is 0. The van der Waals surface area contributed by atoms with E-state index in [0.717, 1.165) is 0 Å². The van der Waals surface area contributed by atoms with E-state index in [1.165, 1.54) is 6.33 Å². The second kappa shape index (κ2) is 6.77. The number of hydrogen-bond donors (Lipinski definition) is 2. The van der Waals surface area contributed by atoms with E-state index in [1.807, 2.05) is 20.8 Å². The number of nitrogens with zero attached hydrogens (tertiary/aromatic N) is 3. The lowest BCUT2D eigenvalue weighted by molar-refractivity contribution is -0.116. The summed E-state index contributed by atoms with van der Waals surface area (Å²) in [5, 5.41) is 0. The van der Waals surface area contributed by atoms with Gasteiger partial charge in [0.1, 0.15) is 12.0 Å². The largest absolute Gasteiger partial charge is 0.476 e. The second-order valence-electron chi connectivity index (χ2n) is 4.59. The van der Waals surface area contributed by atoms with Crippen LogP contribution in [0.5, 0.6) is 5.88 Å². The van der Waals surface area contributed by atoms with Crippen molar-refractivity contribution >= 4 is 17.4 Å². The van der Waals surface area contributed by atoms with Crippen LogP contribution < -0.4 is 21.1 Å². The minimum absolute atomic E-state index is 0.0605. The van der Waals surface area contributed by atoms with E-state index >= 15 is 0 Å². The van der Waals surface area contributed by atoms with Gasteiger partial charge in [-0.25, -0.2) is 4.98 Å². The summed E-state index contributed by atoms with van der Waals surface area (Å²) >= 11 is 0. The second-order valence-corrected chi connectivity index (χ2v) is 4.59. The van der Waals surface area contributed by atoms with Crippen LogP contribution >= 0.6 is 0 Å². The summed E-state index contributed by atoms with van der Waals surface area (Å²) in [6.07, 6.45) is 1.37. The van der Waals surface area contributed by atoms with Crippen molar-refractivity contribution in [1.82, 2.24) is 9.97 Å². The molecule has 0 aromatic carbocycles. The Morgan fingerprint density at radius 1 is 1.47 bits per heavy atom. The Labute approximate surface area is 113 Å². The Bertz CT molecular complexity index is 436. The first-order valence-electron chi connectivity index (χ1n) is 6.22. The van der Waals surface area contributed by atoms with Gasteiger partial charge in [-0.2, -0.15) is 4.98 Å². The molecule has 1 amide bonds. The molecule has 1 heterocycles. The molecule has 1 aromatic heterocycles. The van der Waals surface area contributed by atoms with Crippen molar-refractivity contribution in [2.24, 2.45) is 11.7 Å². The van der Waals surface area contributed by atoms with Crippen LogP contribution in [0.2, 0.25) is 0 Å². The number of primary amides is 1. The van der Waals surface area contributed by atoms with Gasteiger partial charge in [-0.1, -0.05) is 13.8 Å². The maximum Gasteiger partial charge on any atom is 0.242 e. The van der Waals surface area contributed by atoms with E-state index in [1.54, 1.807) is 4.90 Å². The van der Waals surface area contributed by atoms with E-state index in [4.69, 9.17) is 16.2 Å². The third-order valence-corrected chi connectivity index (χ3v) is 2.34. The van der Waals surface area contributed by atoms with Gasteiger partial charge in [0.25, 0.3) is 0 Å². The van der Waals surface area contributed by atoms with E-state index in [-0.39, 0.29) is 6.54 Å². The zero-order valence-corrected chi connectivity index (χ0v) is 11.6. The summed E-state index contributed by atoms with van der Waals surface area (Å²) in [4.78, 5) is 21.0. The normalized spacial score (nSPS) is 10.5. The molecule has 4 N–H and O–H groups in total. The quantitative estimate of drug-likeness (QED) is 0.740. The highest BCUT2D eigenvalue weighted by molar-refractivity contribution is 5.81. The molecule has 0 saturated heterocycles. The Kier molecular flexibility index (Phi) is 5.35. The predicted molar refractivity (Wildman–Crippen MR) is 73.9 cm³/mol. The SMILES string of the molecule is CCOc1ncnc(N(CC(N)=O)CC(C)C)c1N. The average Bonchev–Trinajstić information content (AvgIpc) is 2.30.